The Balaban J connectivity index is 2.25. The third-order valence-electron chi connectivity index (χ3n) is 4.00. The first kappa shape index (κ1) is 12.7. The molecule has 1 aromatic heterocycles. The van der Waals surface area contributed by atoms with Crippen molar-refractivity contribution < 1.29 is 0 Å². The summed E-state index contributed by atoms with van der Waals surface area (Å²) >= 11 is 0. The summed E-state index contributed by atoms with van der Waals surface area (Å²) < 4.78 is 2.36. The Morgan fingerprint density at radius 3 is 2.35 bits per heavy atom. The predicted octanol–water partition coefficient (Wildman–Crippen LogP) is 3.79. The fraction of sp³-hybridized carbons (Fsp3) is 0.800. The second-order valence-electron chi connectivity index (χ2n) is 7.54. The van der Waals surface area contributed by atoms with E-state index in [9.17, 15) is 0 Å². The van der Waals surface area contributed by atoms with E-state index in [-0.39, 0.29) is 5.41 Å². The minimum atomic E-state index is 0.168. The molecular weight excluding hydrogens is 208 g/mol. The van der Waals surface area contributed by atoms with E-state index in [2.05, 4.69) is 52.3 Å². The average Bonchev–Trinajstić information content (AvgIpc) is 2.57. The van der Waals surface area contributed by atoms with Gasteiger partial charge in [-0.25, -0.2) is 4.98 Å². The van der Waals surface area contributed by atoms with E-state index in [1.165, 1.54) is 17.9 Å². The predicted molar refractivity (Wildman–Crippen MR) is 72.2 cm³/mol. The third-order valence-corrected chi connectivity index (χ3v) is 4.00. The molecule has 0 fully saturated rings. The van der Waals surface area contributed by atoms with Crippen LogP contribution >= 0.6 is 0 Å². The van der Waals surface area contributed by atoms with Crippen LogP contribution in [0.2, 0.25) is 0 Å². The van der Waals surface area contributed by atoms with E-state index in [1.54, 1.807) is 0 Å². The van der Waals surface area contributed by atoms with Crippen molar-refractivity contribution in [1.82, 2.24) is 9.55 Å². The largest absolute Gasteiger partial charge is 0.335 e. The molecule has 2 nitrogen and oxygen atoms in total. The van der Waals surface area contributed by atoms with Crippen LogP contribution in [-0.2, 0) is 18.4 Å². The van der Waals surface area contributed by atoms with Crippen molar-refractivity contribution in [3.05, 3.63) is 17.7 Å². The molecule has 17 heavy (non-hydrogen) atoms. The maximum absolute atomic E-state index is 4.85. The first-order chi connectivity index (χ1) is 7.68. The van der Waals surface area contributed by atoms with Gasteiger partial charge in [-0.1, -0.05) is 41.5 Å². The van der Waals surface area contributed by atoms with Crippen LogP contribution in [-0.4, -0.2) is 9.55 Å². The highest BCUT2D eigenvalue weighted by molar-refractivity contribution is 5.15. The highest BCUT2D eigenvalue weighted by Crippen LogP contribution is 2.35. The molecule has 1 atom stereocenters. The molecule has 1 aliphatic rings. The first-order valence-electron chi connectivity index (χ1n) is 6.74. The highest BCUT2D eigenvalue weighted by atomic mass is 15.1. The number of aromatic nitrogens is 2. The summed E-state index contributed by atoms with van der Waals surface area (Å²) in [6, 6.07) is 0. The third kappa shape index (κ3) is 2.56. The van der Waals surface area contributed by atoms with Gasteiger partial charge in [0.2, 0.25) is 0 Å². The van der Waals surface area contributed by atoms with Crippen molar-refractivity contribution in [2.24, 2.45) is 11.3 Å². The summed E-state index contributed by atoms with van der Waals surface area (Å²) in [6.45, 7) is 14.9. The van der Waals surface area contributed by atoms with Crippen molar-refractivity contribution in [1.29, 1.82) is 0 Å². The van der Waals surface area contributed by atoms with Gasteiger partial charge in [0.05, 0.1) is 5.69 Å². The van der Waals surface area contributed by atoms with Crippen LogP contribution in [0.5, 0.6) is 0 Å². The van der Waals surface area contributed by atoms with Crippen molar-refractivity contribution in [2.75, 3.05) is 0 Å². The van der Waals surface area contributed by atoms with Gasteiger partial charge in [-0.2, -0.15) is 0 Å². The van der Waals surface area contributed by atoms with E-state index in [1.807, 2.05) is 0 Å². The molecular formula is C15H26N2. The average molecular weight is 234 g/mol. The summed E-state index contributed by atoms with van der Waals surface area (Å²) in [5, 5.41) is 0. The quantitative estimate of drug-likeness (QED) is 0.668. The summed E-state index contributed by atoms with van der Waals surface area (Å²) in [5.41, 5.74) is 1.81. The lowest BCUT2D eigenvalue weighted by atomic mass is 9.75. The zero-order valence-electron chi connectivity index (χ0n) is 12.2. The minimum Gasteiger partial charge on any atom is -0.335 e. The van der Waals surface area contributed by atoms with E-state index >= 15 is 0 Å². The maximum atomic E-state index is 4.85. The first-order valence-corrected chi connectivity index (χ1v) is 6.74. The van der Waals surface area contributed by atoms with Crippen LogP contribution in [0.15, 0.2) is 6.20 Å². The van der Waals surface area contributed by atoms with Crippen molar-refractivity contribution in [2.45, 2.75) is 66.3 Å². The molecule has 0 amide bonds. The molecule has 2 heteroatoms. The second-order valence-corrected chi connectivity index (χ2v) is 7.54. The zero-order chi connectivity index (χ0) is 12.8. The Labute approximate surface area is 105 Å². The number of nitrogens with zero attached hydrogens (tertiary/aromatic N) is 2. The van der Waals surface area contributed by atoms with Crippen LogP contribution < -0.4 is 0 Å². The molecule has 0 aliphatic carbocycles. The number of fused-ring (bicyclic) bond motifs is 1. The smallest absolute Gasteiger partial charge is 0.109 e. The maximum Gasteiger partial charge on any atom is 0.109 e. The van der Waals surface area contributed by atoms with Crippen molar-refractivity contribution in [3.8, 4) is 0 Å². The number of rotatable bonds is 0. The lowest BCUT2D eigenvalue weighted by molar-refractivity contribution is 0.193. The van der Waals surface area contributed by atoms with Gasteiger partial charge in [0, 0.05) is 24.6 Å². The van der Waals surface area contributed by atoms with Crippen LogP contribution in [0.4, 0.5) is 0 Å². The molecule has 0 saturated carbocycles. The lowest BCUT2D eigenvalue weighted by Crippen LogP contribution is -2.29. The van der Waals surface area contributed by atoms with Gasteiger partial charge < -0.3 is 4.57 Å². The molecule has 0 saturated heterocycles. The summed E-state index contributed by atoms with van der Waals surface area (Å²) in [7, 11) is 0. The molecule has 0 bridgehead atoms. The summed E-state index contributed by atoms with van der Waals surface area (Å²) in [4.78, 5) is 4.85. The Morgan fingerprint density at radius 2 is 1.82 bits per heavy atom. The van der Waals surface area contributed by atoms with Crippen LogP contribution in [0.25, 0.3) is 0 Å². The Hall–Kier alpha value is -0.790. The van der Waals surface area contributed by atoms with Gasteiger partial charge in [-0.3, -0.25) is 0 Å². The fourth-order valence-electron chi connectivity index (χ4n) is 2.53. The molecule has 0 unspecified atom stereocenters. The summed E-state index contributed by atoms with van der Waals surface area (Å²) in [5.74, 6) is 2.06. The number of imidazole rings is 1. The topological polar surface area (TPSA) is 17.8 Å². The van der Waals surface area contributed by atoms with E-state index in [4.69, 9.17) is 4.98 Å². The monoisotopic (exact) mass is 234 g/mol. The van der Waals surface area contributed by atoms with Gasteiger partial charge in [0.25, 0.3) is 0 Å². The van der Waals surface area contributed by atoms with Crippen molar-refractivity contribution >= 4 is 0 Å². The van der Waals surface area contributed by atoms with E-state index in [0.29, 0.717) is 5.41 Å². The fourth-order valence-corrected chi connectivity index (χ4v) is 2.53. The molecule has 1 aromatic rings. The number of aryl methyl sites for hydroxylation is 1. The van der Waals surface area contributed by atoms with E-state index < -0.39 is 0 Å². The molecule has 2 rings (SSSR count). The van der Waals surface area contributed by atoms with Gasteiger partial charge in [0.15, 0.2) is 0 Å². The van der Waals surface area contributed by atoms with Crippen LogP contribution in [0, 0.1) is 11.3 Å². The molecule has 2 heterocycles. The number of hydrogen-bond acceptors (Lipinski definition) is 1. The van der Waals surface area contributed by atoms with Gasteiger partial charge in [-0.05, 0) is 17.8 Å². The highest BCUT2D eigenvalue weighted by Gasteiger charge is 2.31. The van der Waals surface area contributed by atoms with Gasteiger partial charge in [0.1, 0.15) is 5.82 Å². The SMILES string of the molecule is CC(C)(C)c1cn2c(n1)C[C@H](C(C)(C)C)CC2. The summed E-state index contributed by atoms with van der Waals surface area (Å²) in [6.07, 6.45) is 4.68. The molecule has 0 N–H and O–H groups in total. The number of hydrogen-bond donors (Lipinski definition) is 0. The van der Waals surface area contributed by atoms with Crippen LogP contribution in [0.1, 0.15) is 59.5 Å². The Kier molecular flexibility index (Phi) is 2.87. The molecule has 0 radical (unpaired) electrons. The second kappa shape index (κ2) is 3.86. The standard InChI is InChI=1S/C15H26N2/c1-14(2,3)11-7-8-17-10-12(15(4,5)6)16-13(17)9-11/h10-11H,7-9H2,1-6H3/t11-/m1/s1. The normalized spacial score (nSPS) is 21.4. The van der Waals surface area contributed by atoms with Crippen molar-refractivity contribution in [3.63, 3.8) is 0 Å². The lowest BCUT2D eigenvalue weighted by Gasteiger charge is -2.34. The molecule has 1 aliphatic heterocycles. The molecule has 96 valence electrons. The van der Waals surface area contributed by atoms with Crippen LogP contribution in [0.3, 0.4) is 0 Å². The minimum absolute atomic E-state index is 0.168. The Bertz CT molecular complexity index is 402. The Morgan fingerprint density at radius 1 is 1.18 bits per heavy atom. The van der Waals surface area contributed by atoms with E-state index in [0.717, 1.165) is 18.9 Å². The zero-order valence-corrected chi connectivity index (χ0v) is 12.2. The molecule has 0 aromatic carbocycles. The molecule has 0 spiro atoms. The van der Waals surface area contributed by atoms with Gasteiger partial charge in [-0.15, -0.1) is 0 Å². The van der Waals surface area contributed by atoms with Gasteiger partial charge >= 0.3 is 0 Å².